The van der Waals surface area contributed by atoms with Crippen LogP contribution < -0.4 is 19.7 Å². The lowest BCUT2D eigenvalue weighted by molar-refractivity contribution is -0.129. The van der Waals surface area contributed by atoms with E-state index in [0.29, 0.717) is 23.6 Å². The molecule has 2 amide bonds. The molecular formula is C22H26N2O5. The highest BCUT2D eigenvalue weighted by molar-refractivity contribution is 5.96. The van der Waals surface area contributed by atoms with E-state index >= 15 is 0 Å². The molecule has 7 nitrogen and oxygen atoms in total. The third-order valence-electron chi connectivity index (χ3n) is 5.04. The first-order chi connectivity index (χ1) is 13.9. The molecule has 0 radical (unpaired) electrons. The minimum Gasteiger partial charge on any atom is -0.497 e. The summed E-state index contributed by atoms with van der Waals surface area (Å²) in [6.07, 6.45) is -0.300. The molecule has 154 valence electrons. The topological polar surface area (TPSA) is 77.1 Å². The summed E-state index contributed by atoms with van der Waals surface area (Å²) < 4.78 is 16.0. The third-order valence-corrected chi connectivity index (χ3v) is 5.04. The van der Waals surface area contributed by atoms with Gasteiger partial charge in [0.25, 0.3) is 11.8 Å². The van der Waals surface area contributed by atoms with Gasteiger partial charge in [-0.1, -0.05) is 6.07 Å². The van der Waals surface area contributed by atoms with E-state index in [2.05, 4.69) is 5.32 Å². The second-order valence-electron chi connectivity index (χ2n) is 7.02. The van der Waals surface area contributed by atoms with Gasteiger partial charge in [0, 0.05) is 23.9 Å². The number of anilines is 1. The van der Waals surface area contributed by atoms with Crippen molar-refractivity contribution in [2.24, 2.45) is 0 Å². The average molecular weight is 398 g/mol. The molecule has 7 heteroatoms. The molecule has 1 atom stereocenters. The van der Waals surface area contributed by atoms with Crippen LogP contribution in [0, 0.1) is 13.8 Å². The number of methoxy groups -OCH3 is 2. The zero-order chi connectivity index (χ0) is 21.0. The fourth-order valence-electron chi connectivity index (χ4n) is 3.14. The number of nitrogens with zero attached hydrogens (tertiary/aromatic N) is 1. The summed E-state index contributed by atoms with van der Waals surface area (Å²) in [5.41, 5.74) is 3.57. The highest BCUT2D eigenvalue weighted by atomic mass is 16.5. The number of carbonyl (C=O) groups is 2. The van der Waals surface area contributed by atoms with Gasteiger partial charge in [0.2, 0.25) is 0 Å². The number of benzene rings is 2. The van der Waals surface area contributed by atoms with Crippen LogP contribution in [-0.4, -0.2) is 51.8 Å². The fraction of sp³-hybridized carbons (Fsp3) is 0.364. The van der Waals surface area contributed by atoms with Crippen molar-refractivity contribution in [3.63, 3.8) is 0 Å². The Morgan fingerprint density at radius 3 is 2.41 bits per heavy atom. The molecular weight excluding hydrogens is 372 g/mol. The molecule has 0 spiro atoms. The van der Waals surface area contributed by atoms with Crippen LogP contribution >= 0.6 is 0 Å². The van der Waals surface area contributed by atoms with Crippen molar-refractivity contribution in [3.8, 4) is 11.5 Å². The molecule has 1 aliphatic heterocycles. The smallest absolute Gasteiger partial charge is 0.253 e. The van der Waals surface area contributed by atoms with Crippen LogP contribution in [0.4, 0.5) is 5.69 Å². The molecule has 0 bridgehead atoms. The molecule has 0 aromatic heterocycles. The monoisotopic (exact) mass is 398 g/mol. The van der Waals surface area contributed by atoms with E-state index in [4.69, 9.17) is 14.2 Å². The minimum absolute atomic E-state index is 0.0134. The number of nitrogens with one attached hydrogen (secondary N) is 1. The summed E-state index contributed by atoms with van der Waals surface area (Å²) in [6.45, 7) is 4.70. The normalized spacial score (nSPS) is 16.5. The Morgan fingerprint density at radius 1 is 1.10 bits per heavy atom. The molecule has 0 aliphatic carbocycles. The summed E-state index contributed by atoms with van der Waals surface area (Å²) >= 11 is 0. The summed E-state index contributed by atoms with van der Waals surface area (Å²) in [5.74, 6) is 0.721. The first-order valence-electron chi connectivity index (χ1n) is 9.41. The number of hydrogen-bond donors (Lipinski definition) is 1. The van der Waals surface area contributed by atoms with Crippen LogP contribution in [0.2, 0.25) is 0 Å². The molecule has 1 fully saturated rings. The number of amides is 2. The lowest BCUT2D eigenvalue weighted by Gasteiger charge is -2.33. The third kappa shape index (κ3) is 4.86. The Hall–Kier alpha value is -3.06. The van der Waals surface area contributed by atoms with Gasteiger partial charge in [0.1, 0.15) is 18.1 Å². The predicted molar refractivity (Wildman–Crippen MR) is 110 cm³/mol. The molecule has 0 saturated carbocycles. The van der Waals surface area contributed by atoms with Crippen LogP contribution in [0.5, 0.6) is 11.5 Å². The number of carbonyl (C=O) groups excluding carboxylic acids is 2. The number of aryl methyl sites for hydroxylation is 2. The molecule has 2 aromatic rings. The Kier molecular flexibility index (Phi) is 6.39. The lowest BCUT2D eigenvalue weighted by atomic mass is 10.1. The zero-order valence-electron chi connectivity index (χ0n) is 17.2. The van der Waals surface area contributed by atoms with Crippen molar-refractivity contribution >= 4 is 17.5 Å². The Morgan fingerprint density at radius 2 is 1.79 bits per heavy atom. The standard InChI is InChI=1S/C22H26N2O5/c1-14-5-6-17(7-15(14)2)24-12-20(29-13-21(24)25)11-23-22(26)16-8-18(27-3)10-19(9-16)28-4/h5-10,20H,11-13H2,1-4H3,(H,23,26). The van der Waals surface area contributed by atoms with Crippen molar-refractivity contribution in [3.05, 3.63) is 53.1 Å². The summed E-state index contributed by atoms with van der Waals surface area (Å²) in [7, 11) is 3.06. The van der Waals surface area contributed by atoms with Crippen molar-refractivity contribution < 1.29 is 23.8 Å². The Bertz CT molecular complexity index is 890. The van der Waals surface area contributed by atoms with Crippen LogP contribution in [-0.2, 0) is 9.53 Å². The molecule has 29 heavy (non-hydrogen) atoms. The van der Waals surface area contributed by atoms with Crippen LogP contribution in [0.15, 0.2) is 36.4 Å². The largest absolute Gasteiger partial charge is 0.497 e. The second kappa shape index (κ2) is 8.96. The van der Waals surface area contributed by atoms with Crippen molar-refractivity contribution in [2.75, 3.05) is 38.8 Å². The fourth-order valence-corrected chi connectivity index (χ4v) is 3.14. The second-order valence-corrected chi connectivity index (χ2v) is 7.02. The SMILES string of the molecule is COc1cc(OC)cc(C(=O)NCC2CN(c3ccc(C)c(C)c3)C(=O)CO2)c1. The Labute approximate surface area is 170 Å². The number of rotatable bonds is 6. The van der Waals surface area contributed by atoms with E-state index in [1.807, 2.05) is 32.0 Å². The summed E-state index contributed by atoms with van der Waals surface area (Å²) in [6, 6.07) is 10.9. The quantitative estimate of drug-likeness (QED) is 0.809. The first kappa shape index (κ1) is 20.7. The summed E-state index contributed by atoms with van der Waals surface area (Å²) in [4.78, 5) is 26.6. The van der Waals surface area contributed by atoms with Crippen molar-refractivity contribution in [1.29, 1.82) is 0 Å². The van der Waals surface area contributed by atoms with Crippen molar-refractivity contribution in [1.82, 2.24) is 5.32 Å². The van der Waals surface area contributed by atoms with Crippen LogP contribution in [0.1, 0.15) is 21.5 Å². The molecule has 1 N–H and O–H groups in total. The molecule has 1 heterocycles. The summed E-state index contributed by atoms with van der Waals surface area (Å²) in [5, 5.41) is 2.87. The van der Waals surface area contributed by atoms with Gasteiger partial charge in [-0.2, -0.15) is 0 Å². The van der Waals surface area contributed by atoms with Gasteiger partial charge in [-0.05, 0) is 49.2 Å². The highest BCUT2D eigenvalue weighted by Gasteiger charge is 2.28. The lowest BCUT2D eigenvalue weighted by Crippen LogP contribution is -2.50. The number of morpholine rings is 1. The van der Waals surface area contributed by atoms with Gasteiger partial charge in [0.05, 0.1) is 26.9 Å². The number of hydrogen-bond acceptors (Lipinski definition) is 5. The van der Waals surface area contributed by atoms with Gasteiger partial charge in [-0.3, -0.25) is 9.59 Å². The van der Waals surface area contributed by atoms with E-state index in [9.17, 15) is 9.59 Å². The maximum absolute atomic E-state index is 12.6. The van der Waals surface area contributed by atoms with Crippen LogP contribution in [0.3, 0.4) is 0 Å². The Balaban J connectivity index is 1.65. The maximum atomic E-state index is 12.6. The zero-order valence-corrected chi connectivity index (χ0v) is 17.2. The van der Waals surface area contributed by atoms with Gasteiger partial charge in [0.15, 0.2) is 0 Å². The molecule has 1 unspecified atom stereocenters. The molecule has 1 saturated heterocycles. The number of ether oxygens (including phenoxy) is 3. The molecule has 1 aliphatic rings. The van der Waals surface area contributed by atoms with Gasteiger partial charge in [-0.15, -0.1) is 0 Å². The molecule has 3 rings (SSSR count). The molecule has 2 aromatic carbocycles. The highest BCUT2D eigenvalue weighted by Crippen LogP contribution is 2.23. The van der Waals surface area contributed by atoms with E-state index in [1.54, 1.807) is 23.1 Å². The first-order valence-corrected chi connectivity index (χ1v) is 9.41. The van der Waals surface area contributed by atoms with Gasteiger partial charge < -0.3 is 24.4 Å². The van der Waals surface area contributed by atoms with Crippen LogP contribution in [0.25, 0.3) is 0 Å². The minimum atomic E-state index is -0.300. The predicted octanol–water partition coefficient (Wildman–Crippen LogP) is 2.48. The van der Waals surface area contributed by atoms with E-state index < -0.39 is 0 Å². The van der Waals surface area contributed by atoms with Gasteiger partial charge in [-0.25, -0.2) is 0 Å². The maximum Gasteiger partial charge on any atom is 0.253 e. The van der Waals surface area contributed by atoms with E-state index in [0.717, 1.165) is 11.3 Å². The van der Waals surface area contributed by atoms with Gasteiger partial charge >= 0.3 is 0 Å². The average Bonchev–Trinajstić information content (AvgIpc) is 2.74. The van der Waals surface area contributed by atoms with Crippen molar-refractivity contribution in [2.45, 2.75) is 20.0 Å². The van der Waals surface area contributed by atoms with E-state index in [-0.39, 0.29) is 31.1 Å². The van der Waals surface area contributed by atoms with E-state index in [1.165, 1.54) is 19.8 Å².